The summed E-state index contributed by atoms with van der Waals surface area (Å²) in [6.45, 7) is 3.28. The van der Waals surface area contributed by atoms with E-state index in [2.05, 4.69) is 35.3 Å². The summed E-state index contributed by atoms with van der Waals surface area (Å²) in [7, 11) is 0. The molecule has 3 aromatic rings. The van der Waals surface area contributed by atoms with E-state index in [1.165, 1.54) is 12.8 Å². The van der Waals surface area contributed by atoms with E-state index in [4.69, 9.17) is 4.98 Å². The average Bonchev–Trinajstić information content (AvgIpc) is 3.09. The van der Waals surface area contributed by atoms with Gasteiger partial charge in [-0.05, 0) is 37.8 Å². The lowest BCUT2D eigenvalue weighted by Crippen LogP contribution is -2.38. The highest BCUT2D eigenvalue weighted by Gasteiger charge is 2.20. The lowest BCUT2D eigenvalue weighted by Gasteiger charge is -2.31. The van der Waals surface area contributed by atoms with Gasteiger partial charge in [0.15, 0.2) is 0 Å². The molecular weight excluding hydrogens is 408 g/mol. The lowest BCUT2D eigenvalue weighted by molar-refractivity contribution is 0.154. The maximum absolute atomic E-state index is 12.5. The predicted octanol–water partition coefficient (Wildman–Crippen LogP) is 2.19. The number of β-amino-alcohol motifs (C(OH)–C–C–N with tert-alkyl or cyclic N) is 1. The Labute approximate surface area is 185 Å². The van der Waals surface area contributed by atoms with Gasteiger partial charge in [0.25, 0.3) is 5.56 Å². The zero-order valence-electron chi connectivity index (χ0n) is 18.0. The number of aromatic nitrogens is 5. The van der Waals surface area contributed by atoms with Crippen molar-refractivity contribution in [2.75, 3.05) is 41.3 Å². The van der Waals surface area contributed by atoms with E-state index < -0.39 is 0 Å². The fraction of sp³-hybridized carbons (Fsp3) is 0.500. The van der Waals surface area contributed by atoms with Crippen molar-refractivity contribution in [3.8, 4) is 0 Å². The Hall–Kier alpha value is -3.27. The maximum Gasteiger partial charge on any atom is 0.277 e. The molecule has 1 atom stereocenters. The Kier molecular flexibility index (Phi) is 5.85. The van der Waals surface area contributed by atoms with Gasteiger partial charge in [-0.25, -0.2) is 15.1 Å². The van der Waals surface area contributed by atoms with Crippen LogP contribution in [0.3, 0.4) is 0 Å². The largest absolute Gasteiger partial charge is 0.391 e. The van der Waals surface area contributed by atoms with Crippen LogP contribution in [-0.4, -0.2) is 62.5 Å². The summed E-state index contributed by atoms with van der Waals surface area (Å²) < 4.78 is 0. The van der Waals surface area contributed by atoms with Gasteiger partial charge < -0.3 is 20.2 Å². The van der Waals surface area contributed by atoms with E-state index >= 15 is 0 Å². The highest BCUT2D eigenvalue weighted by atomic mass is 16.3. The van der Waals surface area contributed by atoms with Gasteiger partial charge in [-0.2, -0.15) is 10.1 Å². The SMILES string of the molecule is O=c1[nH]ncc2nc(N3CCCCCC3)nc(Nc3ccc(N4CCCC(O)C4)nc3)c12. The average molecular weight is 437 g/mol. The molecule has 0 radical (unpaired) electrons. The number of aromatic amines is 1. The number of anilines is 4. The van der Waals surface area contributed by atoms with Crippen molar-refractivity contribution in [2.24, 2.45) is 0 Å². The summed E-state index contributed by atoms with van der Waals surface area (Å²) >= 11 is 0. The predicted molar refractivity (Wildman–Crippen MR) is 124 cm³/mol. The topological polar surface area (TPSA) is 123 Å². The zero-order valence-corrected chi connectivity index (χ0v) is 18.0. The molecule has 2 aliphatic rings. The minimum atomic E-state index is -0.334. The smallest absolute Gasteiger partial charge is 0.277 e. The number of nitrogens with one attached hydrogen (secondary N) is 2. The van der Waals surface area contributed by atoms with Crippen LogP contribution in [0, 0.1) is 0 Å². The second-order valence-corrected chi connectivity index (χ2v) is 8.50. The molecule has 3 aromatic heterocycles. The van der Waals surface area contributed by atoms with E-state index in [1.807, 2.05) is 12.1 Å². The fourth-order valence-corrected chi connectivity index (χ4v) is 4.44. The van der Waals surface area contributed by atoms with Crippen LogP contribution in [0.2, 0.25) is 0 Å². The van der Waals surface area contributed by atoms with E-state index in [-0.39, 0.29) is 11.7 Å². The molecule has 5 rings (SSSR count). The van der Waals surface area contributed by atoms with Gasteiger partial charge in [0.1, 0.15) is 22.5 Å². The first-order valence-corrected chi connectivity index (χ1v) is 11.3. The minimum Gasteiger partial charge on any atom is -0.391 e. The number of fused-ring (bicyclic) bond motifs is 1. The van der Waals surface area contributed by atoms with Crippen LogP contribution in [0.15, 0.2) is 29.3 Å². The number of nitrogens with zero attached hydrogens (tertiary/aromatic N) is 6. The lowest BCUT2D eigenvalue weighted by atomic mass is 10.1. The summed E-state index contributed by atoms with van der Waals surface area (Å²) in [6.07, 6.45) is 9.40. The molecular formula is C22H28N8O2. The minimum absolute atomic E-state index is 0.312. The molecule has 1 unspecified atom stereocenters. The Morgan fingerprint density at radius 3 is 2.56 bits per heavy atom. The normalized spacial score (nSPS) is 19.7. The van der Waals surface area contributed by atoms with Crippen LogP contribution in [-0.2, 0) is 0 Å². The molecule has 2 fully saturated rings. The number of hydrogen-bond acceptors (Lipinski definition) is 9. The third kappa shape index (κ3) is 4.36. The highest BCUT2D eigenvalue weighted by Crippen LogP contribution is 2.26. The number of hydrogen-bond donors (Lipinski definition) is 3. The molecule has 168 valence electrons. The summed E-state index contributed by atoms with van der Waals surface area (Å²) in [4.78, 5) is 30.7. The molecule has 0 spiro atoms. The standard InChI is InChI=1S/C22H28N8O2/c31-16-6-5-11-30(14-16)18-8-7-15(12-23-18)25-20-19-17(13-24-28-21(19)32)26-22(27-20)29-9-3-1-2-4-10-29/h7-8,12-13,16,31H,1-6,9-11,14H2,(H,28,32)(H,25,26,27). The second kappa shape index (κ2) is 9.07. The van der Waals surface area contributed by atoms with Gasteiger partial charge >= 0.3 is 0 Å². The van der Waals surface area contributed by atoms with Crippen molar-refractivity contribution in [3.63, 3.8) is 0 Å². The monoisotopic (exact) mass is 436 g/mol. The Balaban J connectivity index is 1.45. The first-order valence-electron chi connectivity index (χ1n) is 11.3. The van der Waals surface area contributed by atoms with E-state index in [0.29, 0.717) is 29.2 Å². The molecule has 0 bridgehead atoms. The number of H-pyrrole nitrogens is 1. The van der Waals surface area contributed by atoms with Gasteiger partial charge in [0.05, 0.1) is 24.2 Å². The molecule has 5 heterocycles. The molecule has 0 amide bonds. The summed E-state index contributed by atoms with van der Waals surface area (Å²) in [5.41, 5.74) is 0.904. The van der Waals surface area contributed by atoms with Crippen molar-refractivity contribution in [2.45, 2.75) is 44.6 Å². The Bertz CT molecular complexity index is 1120. The molecule has 0 aromatic carbocycles. The van der Waals surface area contributed by atoms with Crippen LogP contribution in [0.25, 0.3) is 10.9 Å². The number of pyridine rings is 1. The molecule has 10 nitrogen and oxygen atoms in total. The molecule has 2 aliphatic heterocycles. The number of aliphatic hydroxyl groups excluding tert-OH is 1. The van der Waals surface area contributed by atoms with Crippen LogP contribution in [0.4, 0.5) is 23.3 Å². The van der Waals surface area contributed by atoms with Crippen molar-refractivity contribution < 1.29 is 5.11 Å². The van der Waals surface area contributed by atoms with Crippen LogP contribution >= 0.6 is 0 Å². The fourth-order valence-electron chi connectivity index (χ4n) is 4.44. The van der Waals surface area contributed by atoms with E-state index in [1.54, 1.807) is 12.4 Å². The summed E-state index contributed by atoms with van der Waals surface area (Å²) in [6, 6.07) is 3.84. The molecule has 3 N–H and O–H groups in total. The van der Waals surface area contributed by atoms with Gasteiger partial charge in [0, 0.05) is 26.2 Å². The van der Waals surface area contributed by atoms with E-state index in [9.17, 15) is 9.90 Å². The second-order valence-electron chi connectivity index (χ2n) is 8.50. The zero-order chi connectivity index (χ0) is 21.9. The molecule has 32 heavy (non-hydrogen) atoms. The van der Waals surface area contributed by atoms with Gasteiger partial charge in [-0.15, -0.1) is 0 Å². The van der Waals surface area contributed by atoms with Crippen LogP contribution in [0.5, 0.6) is 0 Å². The number of piperidine rings is 1. The quantitative estimate of drug-likeness (QED) is 0.565. The summed E-state index contributed by atoms with van der Waals surface area (Å²) in [5, 5.41) is 20.0. The molecule has 10 heteroatoms. The van der Waals surface area contributed by atoms with Gasteiger partial charge in [-0.1, -0.05) is 12.8 Å². The Morgan fingerprint density at radius 2 is 1.81 bits per heavy atom. The van der Waals surface area contributed by atoms with Crippen molar-refractivity contribution in [1.82, 2.24) is 25.1 Å². The summed E-state index contributed by atoms with van der Waals surface area (Å²) in [5.74, 6) is 1.89. The van der Waals surface area contributed by atoms with Crippen LogP contribution < -0.4 is 20.7 Å². The van der Waals surface area contributed by atoms with Crippen molar-refractivity contribution in [3.05, 3.63) is 34.9 Å². The third-order valence-electron chi connectivity index (χ3n) is 6.13. The maximum atomic E-state index is 12.5. The van der Waals surface area contributed by atoms with Gasteiger partial charge in [-0.3, -0.25) is 4.79 Å². The van der Waals surface area contributed by atoms with Gasteiger partial charge in [0.2, 0.25) is 5.95 Å². The number of aliphatic hydroxyl groups is 1. The first-order chi connectivity index (χ1) is 15.7. The molecule has 2 saturated heterocycles. The first kappa shape index (κ1) is 20.6. The third-order valence-corrected chi connectivity index (χ3v) is 6.13. The molecule has 0 aliphatic carbocycles. The Morgan fingerprint density at radius 1 is 1.00 bits per heavy atom. The highest BCUT2D eigenvalue weighted by molar-refractivity contribution is 5.90. The van der Waals surface area contributed by atoms with E-state index in [0.717, 1.165) is 56.8 Å². The van der Waals surface area contributed by atoms with Crippen LogP contribution in [0.1, 0.15) is 38.5 Å². The molecule has 0 saturated carbocycles. The number of rotatable bonds is 4. The van der Waals surface area contributed by atoms with Crippen molar-refractivity contribution in [1.29, 1.82) is 0 Å². The van der Waals surface area contributed by atoms with Crippen molar-refractivity contribution >= 4 is 34.2 Å².